The summed E-state index contributed by atoms with van der Waals surface area (Å²) in [5.74, 6) is -1.68. The molecule has 0 spiro atoms. The molecule has 0 aromatic heterocycles. The molecule has 1 aromatic rings. The van der Waals surface area contributed by atoms with E-state index in [1.807, 2.05) is 0 Å². The number of ether oxygens (including phenoxy) is 1. The van der Waals surface area contributed by atoms with Crippen LogP contribution in [0, 0.1) is 11.3 Å². The van der Waals surface area contributed by atoms with Crippen LogP contribution in [0.25, 0.3) is 0 Å². The van der Waals surface area contributed by atoms with E-state index in [-0.39, 0.29) is 0 Å². The zero-order valence-electron chi connectivity index (χ0n) is 9.08. The fourth-order valence-electron chi connectivity index (χ4n) is 1.43. The highest BCUT2D eigenvalue weighted by Gasteiger charge is 2.26. The molecular weight excluding hydrogens is 254 g/mol. The smallest absolute Gasteiger partial charge is 0.387 e. The Balaban J connectivity index is 3.54. The molecule has 0 unspecified atom stereocenters. The van der Waals surface area contributed by atoms with Gasteiger partial charge in [0.1, 0.15) is 6.07 Å². The molecule has 0 N–H and O–H groups in total. The van der Waals surface area contributed by atoms with Crippen LogP contribution in [0.5, 0.6) is 5.75 Å². The molecule has 0 bridgehead atoms. The van der Waals surface area contributed by atoms with E-state index in [4.69, 9.17) is 5.26 Å². The average molecular weight is 261 g/mol. The van der Waals surface area contributed by atoms with Gasteiger partial charge in [-0.05, 0) is 19.1 Å². The standard InChI is InChI=1S/C11H7F4NO2/c1-5(17)7-3-2-6(4-16)9(18-11(14)15)8(7)10(12)13/h2-3,10-11H,1H3. The molecule has 1 aromatic carbocycles. The molecule has 96 valence electrons. The molecule has 18 heavy (non-hydrogen) atoms. The Hall–Kier alpha value is -2.10. The summed E-state index contributed by atoms with van der Waals surface area (Å²) in [6, 6.07) is 3.43. The van der Waals surface area contributed by atoms with Crippen LogP contribution >= 0.6 is 0 Å². The molecule has 0 atom stereocenters. The second-order valence-electron chi connectivity index (χ2n) is 3.25. The number of carbonyl (C=O) groups excluding carboxylic acids is 1. The normalized spacial score (nSPS) is 10.6. The van der Waals surface area contributed by atoms with Gasteiger partial charge >= 0.3 is 6.61 Å². The van der Waals surface area contributed by atoms with Crippen LogP contribution in [0.1, 0.15) is 34.8 Å². The highest BCUT2D eigenvalue weighted by atomic mass is 19.3. The molecule has 0 radical (unpaired) electrons. The molecule has 3 nitrogen and oxygen atoms in total. The number of benzene rings is 1. The second kappa shape index (κ2) is 5.49. The maximum absolute atomic E-state index is 12.8. The maximum Gasteiger partial charge on any atom is 0.387 e. The molecule has 0 fully saturated rings. The van der Waals surface area contributed by atoms with Crippen LogP contribution in [-0.2, 0) is 0 Å². The van der Waals surface area contributed by atoms with Gasteiger partial charge in [-0.25, -0.2) is 8.78 Å². The second-order valence-corrected chi connectivity index (χ2v) is 3.25. The van der Waals surface area contributed by atoms with Crippen molar-refractivity contribution < 1.29 is 27.1 Å². The van der Waals surface area contributed by atoms with E-state index in [0.717, 1.165) is 19.1 Å². The maximum atomic E-state index is 12.8. The number of rotatable bonds is 4. The predicted octanol–water partition coefficient (Wildman–Crippen LogP) is 3.30. The summed E-state index contributed by atoms with van der Waals surface area (Å²) in [7, 11) is 0. The van der Waals surface area contributed by atoms with Crippen LogP contribution in [-0.4, -0.2) is 12.4 Å². The molecule has 0 saturated heterocycles. The number of ketones is 1. The molecule has 0 aliphatic rings. The van der Waals surface area contributed by atoms with Crippen LogP contribution in [0.4, 0.5) is 17.6 Å². The quantitative estimate of drug-likeness (QED) is 0.617. The first-order valence-electron chi connectivity index (χ1n) is 4.69. The number of hydrogen-bond donors (Lipinski definition) is 0. The minimum atomic E-state index is -3.36. The Morgan fingerprint density at radius 1 is 1.33 bits per heavy atom. The van der Waals surface area contributed by atoms with Gasteiger partial charge < -0.3 is 4.74 Å². The van der Waals surface area contributed by atoms with Crippen molar-refractivity contribution in [2.24, 2.45) is 0 Å². The van der Waals surface area contributed by atoms with Crippen molar-refractivity contribution in [2.75, 3.05) is 0 Å². The number of carbonyl (C=O) groups is 1. The van der Waals surface area contributed by atoms with Crippen LogP contribution in [0.2, 0.25) is 0 Å². The topological polar surface area (TPSA) is 50.1 Å². The lowest BCUT2D eigenvalue weighted by Gasteiger charge is -2.14. The third kappa shape index (κ3) is 2.77. The van der Waals surface area contributed by atoms with Crippen molar-refractivity contribution in [2.45, 2.75) is 20.0 Å². The number of halogens is 4. The molecule has 7 heteroatoms. The minimum Gasteiger partial charge on any atom is -0.433 e. The minimum absolute atomic E-state index is 0.445. The van der Waals surface area contributed by atoms with E-state index >= 15 is 0 Å². The highest BCUT2D eigenvalue weighted by Crippen LogP contribution is 2.36. The number of nitriles is 1. The lowest BCUT2D eigenvalue weighted by atomic mass is 10.00. The molecule has 0 saturated carbocycles. The van der Waals surface area contributed by atoms with Crippen molar-refractivity contribution in [3.05, 3.63) is 28.8 Å². The van der Waals surface area contributed by atoms with Crippen LogP contribution < -0.4 is 4.74 Å². The lowest BCUT2D eigenvalue weighted by Crippen LogP contribution is -2.10. The highest BCUT2D eigenvalue weighted by molar-refractivity contribution is 5.96. The Morgan fingerprint density at radius 3 is 2.33 bits per heavy atom. The van der Waals surface area contributed by atoms with Crippen LogP contribution in [0.15, 0.2) is 12.1 Å². The summed E-state index contributed by atoms with van der Waals surface area (Å²) in [5.41, 5.74) is -1.91. The first-order valence-corrected chi connectivity index (χ1v) is 4.69. The Bertz CT molecular complexity index is 509. The number of nitrogens with zero attached hydrogens (tertiary/aromatic N) is 1. The van der Waals surface area contributed by atoms with E-state index < -0.39 is 41.3 Å². The van der Waals surface area contributed by atoms with Gasteiger partial charge in [0.05, 0.1) is 11.1 Å². The first-order chi connectivity index (χ1) is 8.38. The van der Waals surface area contributed by atoms with Crippen molar-refractivity contribution in [3.8, 4) is 11.8 Å². The zero-order chi connectivity index (χ0) is 13.9. The average Bonchev–Trinajstić information content (AvgIpc) is 2.26. The number of alkyl halides is 4. The van der Waals surface area contributed by atoms with Crippen molar-refractivity contribution in [3.63, 3.8) is 0 Å². The van der Waals surface area contributed by atoms with E-state index in [1.54, 1.807) is 0 Å². The first kappa shape index (κ1) is 14.0. The molecule has 0 amide bonds. The Kier molecular flexibility index (Phi) is 4.26. The third-order valence-electron chi connectivity index (χ3n) is 2.12. The van der Waals surface area contributed by atoms with Crippen molar-refractivity contribution in [1.82, 2.24) is 0 Å². The number of hydrogen-bond acceptors (Lipinski definition) is 3. The van der Waals surface area contributed by atoms with Gasteiger partial charge in [-0.2, -0.15) is 14.0 Å². The van der Waals surface area contributed by atoms with E-state index in [0.29, 0.717) is 0 Å². The van der Waals surface area contributed by atoms with E-state index in [9.17, 15) is 22.4 Å². The lowest BCUT2D eigenvalue weighted by molar-refractivity contribution is -0.0522. The Morgan fingerprint density at radius 2 is 1.94 bits per heavy atom. The fraction of sp³-hybridized carbons (Fsp3) is 0.273. The molecule has 0 aliphatic heterocycles. The molecular formula is C11H7F4NO2. The van der Waals surface area contributed by atoms with Crippen molar-refractivity contribution >= 4 is 5.78 Å². The van der Waals surface area contributed by atoms with E-state index in [2.05, 4.69) is 4.74 Å². The van der Waals surface area contributed by atoms with E-state index in [1.165, 1.54) is 6.07 Å². The zero-order valence-corrected chi connectivity index (χ0v) is 9.08. The van der Waals surface area contributed by atoms with Gasteiger partial charge in [0.15, 0.2) is 11.5 Å². The summed E-state index contributed by atoms with van der Waals surface area (Å²) in [5, 5.41) is 8.66. The summed E-state index contributed by atoms with van der Waals surface area (Å²) < 4.78 is 53.9. The molecule has 0 aliphatic carbocycles. The SMILES string of the molecule is CC(=O)c1ccc(C#N)c(OC(F)F)c1C(F)F. The van der Waals surface area contributed by atoms with Crippen molar-refractivity contribution in [1.29, 1.82) is 5.26 Å². The van der Waals surface area contributed by atoms with Gasteiger partial charge in [-0.3, -0.25) is 4.79 Å². The van der Waals surface area contributed by atoms with Crippen LogP contribution in [0.3, 0.4) is 0 Å². The summed E-state index contributed by atoms with van der Waals surface area (Å²) in [6.45, 7) is -2.35. The van der Waals surface area contributed by atoms with Gasteiger partial charge in [0.2, 0.25) is 0 Å². The van der Waals surface area contributed by atoms with Gasteiger partial charge in [0, 0.05) is 5.56 Å². The fourth-order valence-corrected chi connectivity index (χ4v) is 1.43. The monoisotopic (exact) mass is 261 g/mol. The molecule has 0 heterocycles. The third-order valence-corrected chi connectivity index (χ3v) is 2.12. The Labute approximate surface area is 99.6 Å². The van der Waals surface area contributed by atoms with Gasteiger partial charge in [0.25, 0.3) is 6.43 Å². The molecule has 1 rings (SSSR count). The number of Topliss-reactive ketones (excluding diaryl/α,β-unsaturated/α-hetero) is 1. The van der Waals surface area contributed by atoms with Gasteiger partial charge in [-0.1, -0.05) is 0 Å². The summed E-state index contributed by atoms with van der Waals surface area (Å²) >= 11 is 0. The predicted molar refractivity (Wildman–Crippen MR) is 52.8 cm³/mol. The van der Waals surface area contributed by atoms with Gasteiger partial charge in [-0.15, -0.1) is 0 Å². The summed E-state index contributed by atoms with van der Waals surface area (Å²) in [4.78, 5) is 11.1. The summed E-state index contributed by atoms with van der Waals surface area (Å²) in [6.07, 6.45) is -3.20. The largest absolute Gasteiger partial charge is 0.433 e.